The highest BCUT2D eigenvalue weighted by atomic mass is 16.3. The first-order chi connectivity index (χ1) is 13.4. The summed E-state index contributed by atoms with van der Waals surface area (Å²) in [5.74, 6) is -1.13. The van der Waals surface area contributed by atoms with E-state index in [2.05, 4.69) is 10.6 Å². The van der Waals surface area contributed by atoms with Crippen molar-refractivity contribution in [1.82, 2.24) is 10.6 Å². The molecule has 0 spiro atoms. The Labute approximate surface area is 164 Å². The predicted molar refractivity (Wildman–Crippen MR) is 105 cm³/mol. The molecule has 148 valence electrons. The molecule has 0 aliphatic carbocycles. The molecule has 7 nitrogen and oxygen atoms in total. The van der Waals surface area contributed by atoms with Crippen LogP contribution < -0.4 is 15.5 Å². The van der Waals surface area contributed by atoms with Crippen LogP contribution in [-0.2, 0) is 20.9 Å². The Hall–Kier alpha value is -3.09. The van der Waals surface area contributed by atoms with Gasteiger partial charge in [0.15, 0.2) is 0 Å². The molecule has 2 unspecified atom stereocenters. The Bertz CT molecular complexity index is 876. The summed E-state index contributed by atoms with van der Waals surface area (Å²) < 4.78 is 5.16. The van der Waals surface area contributed by atoms with Gasteiger partial charge >= 0.3 is 0 Å². The largest absolute Gasteiger partial charge is 0.467 e. The number of nitrogens with zero attached hydrogens (tertiary/aromatic N) is 1. The Balaban J connectivity index is 1.56. The molecule has 0 radical (unpaired) electrons. The van der Waals surface area contributed by atoms with Crippen LogP contribution in [0.25, 0.3) is 0 Å². The van der Waals surface area contributed by atoms with Crippen LogP contribution in [0.3, 0.4) is 0 Å². The molecule has 2 N–H and O–H groups in total. The summed E-state index contributed by atoms with van der Waals surface area (Å²) in [5.41, 5.74) is 3.05. The summed E-state index contributed by atoms with van der Waals surface area (Å²) in [6, 6.07) is 8.56. The van der Waals surface area contributed by atoms with Crippen molar-refractivity contribution in [2.24, 2.45) is 5.92 Å². The van der Waals surface area contributed by atoms with Crippen molar-refractivity contribution in [2.75, 3.05) is 11.4 Å². The zero-order valence-corrected chi connectivity index (χ0v) is 16.3. The first kappa shape index (κ1) is 19.7. The van der Waals surface area contributed by atoms with Gasteiger partial charge in [-0.2, -0.15) is 0 Å². The number of anilines is 1. The fourth-order valence-corrected chi connectivity index (χ4v) is 3.19. The summed E-state index contributed by atoms with van der Waals surface area (Å²) >= 11 is 0. The minimum atomic E-state index is -0.776. The number of hydrogen-bond donors (Lipinski definition) is 2. The van der Waals surface area contributed by atoms with Crippen LogP contribution in [0.2, 0.25) is 0 Å². The maximum Gasteiger partial charge on any atom is 0.242 e. The molecule has 7 heteroatoms. The zero-order valence-electron chi connectivity index (χ0n) is 16.3. The second-order valence-electron chi connectivity index (χ2n) is 7.13. The molecule has 1 saturated heterocycles. The highest BCUT2D eigenvalue weighted by molar-refractivity contribution is 6.10. The fourth-order valence-electron chi connectivity index (χ4n) is 3.19. The van der Waals surface area contributed by atoms with Crippen molar-refractivity contribution in [3.05, 3.63) is 53.5 Å². The van der Waals surface area contributed by atoms with E-state index in [1.54, 1.807) is 24.0 Å². The van der Waals surface area contributed by atoms with Gasteiger partial charge in [-0.25, -0.2) is 0 Å². The second-order valence-corrected chi connectivity index (χ2v) is 7.13. The van der Waals surface area contributed by atoms with Gasteiger partial charge in [-0.15, -0.1) is 0 Å². The van der Waals surface area contributed by atoms with Crippen LogP contribution in [0.5, 0.6) is 0 Å². The van der Waals surface area contributed by atoms with Crippen molar-refractivity contribution in [3.8, 4) is 0 Å². The van der Waals surface area contributed by atoms with E-state index in [9.17, 15) is 14.4 Å². The molecule has 0 bridgehead atoms. The van der Waals surface area contributed by atoms with Gasteiger partial charge in [0.1, 0.15) is 17.7 Å². The molecule has 28 heavy (non-hydrogen) atoms. The lowest BCUT2D eigenvalue weighted by atomic mass is 10.1. The maximum atomic E-state index is 12.7. The van der Waals surface area contributed by atoms with E-state index in [0.717, 1.165) is 16.8 Å². The highest BCUT2D eigenvalue weighted by Gasteiger charge is 2.38. The average molecular weight is 383 g/mol. The SMILES string of the molecule is Cc1ccc(N2CCC(C(=O)NC(C)C(=O)NCc3ccco3)C2=O)cc1C. The first-order valence-electron chi connectivity index (χ1n) is 9.36. The van der Waals surface area contributed by atoms with Gasteiger partial charge < -0.3 is 20.0 Å². The van der Waals surface area contributed by atoms with Crippen molar-refractivity contribution >= 4 is 23.4 Å². The summed E-state index contributed by atoms with van der Waals surface area (Å²) in [6.07, 6.45) is 1.96. The molecule has 2 atom stereocenters. The lowest BCUT2D eigenvalue weighted by Gasteiger charge is -2.19. The number of carbonyl (C=O) groups is 3. The molecule has 2 heterocycles. The third kappa shape index (κ3) is 4.24. The molecule has 3 rings (SSSR count). The minimum absolute atomic E-state index is 0.232. The minimum Gasteiger partial charge on any atom is -0.467 e. The van der Waals surface area contributed by atoms with Gasteiger partial charge in [-0.3, -0.25) is 14.4 Å². The van der Waals surface area contributed by atoms with Crippen LogP contribution in [0.1, 0.15) is 30.2 Å². The Morgan fingerprint density at radius 1 is 1.25 bits per heavy atom. The van der Waals surface area contributed by atoms with E-state index in [1.165, 1.54) is 6.26 Å². The number of amides is 3. The van der Waals surface area contributed by atoms with Crippen LogP contribution >= 0.6 is 0 Å². The third-order valence-electron chi connectivity index (χ3n) is 5.09. The van der Waals surface area contributed by atoms with E-state index in [4.69, 9.17) is 4.42 Å². The molecule has 1 aliphatic heterocycles. The normalized spacial score (nSPS) is 17.5. The van der Waals surface area contributed by atoms with Gasteiger partial charge in [0.05, 0.1) is 12.8 Å². The smallest absolute Gasteiger partial charge is 0.242 e. The van der Waals surface area contributed by atoms with Crippen molar-refractivity contribution < 1.29 is 18.8 Å². The lowest BCUT2D eigenvalue weighted by molar-refractivity contribution is -0.135. The first-order valence-corrected chi connectivity index (χ1v) is 9.36. The van der Waals surface area contributed by atoms with E-state index < -0.39 is 17.9 Å². The molecular formula is C21H25N3O4. The average Bonchev–Trinajstić information content (AvgIpc) is 3.31. The van der Waals surface area contributed by atoms with E-state index >= 15 is 0 Å². The van der Waals surface area contributed by atoms with Crippen LogP contribution in [0.4, 0.5) is 5.69 Å². The highest BCUT2D eigenvalue weighted by Crippen LogP contribution is 2.27. The quantitative estimate of drug-likeness (QED) is 0.747. The van der Waals surface area contributed by atoms with Gasteiger partial charge in [0.2, 0.25) is 17.7 Å². The number of hydrogen-bond acceptors (Lipinski definition) is 4. The standard InChI is InChI=1S/C21H25N3O4/c1-13-6-7-16(11-14(13)2)24-9-8-18(21(24)27)20(26)23-15(3)19(25)22-12-17-5-4-10-28-17/h4-7,10-11,15,18H,8-9,12H2,1-3H3,(H,22,25)(H,23,26). The summed E-state index contributed by atoms with van der Waals surface area (Å²) in [7, 11) is 0. The number of carbonyl (C=O) groups excluding carboxylic acids is 3. The number of furan rings is 1. The zero-order chi connectivity index (χ0) is 20.3. The van der Waals surface area contributed by atoms with Gasteiger partial charge in [-0.05, 0) is 62.6 Å². The Morgan fingerprint density at radius 2 is 2.04 bits per heavy atom. The van der Waals surface area contributed by atoms with Crippen molar-refractivity contribution in [3.63, 3.8) is 0 Å². The molecule has 1 aromatic heterocycles. The summed E-state index contributed by atoms with van der Waals surface area (Å²) in [6.45, 7) is 6.33. The van der Waals surface area contributed by atoms with Crippen molar-refractivity contribution in [2.45, 2.75) is 39.8 Å². The number of aryl methyl sites for hydroxylation is 2. The molecule has 0 saturated carbocycles. The number of rotatable bonds is 6. The molecular weight excluding hydrogens is 358 g/mol. The number of benzene rings is 1. The molecule has 1 fully saturated rings. The molecule has 2 aromatic rings. The molecule has 3 amide bonds. The molecule has 1 aliphatic rings. The van der Waals surface area contributed by atoms with E-state index in [-0.39, 0.29) is 18.4 Å². The second kappa shape index (κ2) is 8.29. The fraction of sp³-hybridized carbons (Fsp3) is 0.381. The van der Waals surface area contributed by atoms with Crippen LogP contribution in [0, 0.1) is 19.8 Å². The number of nitrogens with one attached hydrogen (secondary N) is 2. The molecule has 1 aromatic carbocycles. The van der Waals surface area contributed by atoms with Crippen LogP contribution in [-0.4, -0.2) is 30.3 Å². The topological polar surface area (TPSA) is 91.7 Å². The third-order valence-corrected chi connectivity index (χ3v) is 5.09. The predicted octanol–water partition coefficient (Wildman–Crippen LogP) is 2.07. The van der Waals surface area contributed by atoms with Crippen molar-refractivity contribution in [1.29, 1.82) is 0 Å². The van der Waals surface area contributed by atoms with Gasteiger partial charge in [-0.1, -0.05) is 6.07 Å². The monoisotopic (exact) mass is 383 g/mol. The Morgan fingerprint density at radius 3 is 2.71 bits per heavy atom. The summed E-state index contributed by atoms with van der Waals surface area (Å²) in [4.78, 5) is 39.1. The van der Waals surface area contributed by atoms with E-state index in [1.807, 2.05) is 32.0 Å². The summed E-state index contributed by atoms with van der Waals surface area (Å²) in [5, 5.41) is 5.34. The maximum absolute atomic E-state index is 12.7. The van der Waals surface area contributed by atoms with Crippen LogP contribution in [0.15, 0.2) is 41.0 Å². The Kier molecular flexibility index (Phi) is 5.82. The lowest BCUT2D eigenvalue weighted by Crippen LogP contribution is -2.47. The van der Waals surface area contributed by atoms with Gasteiger partial charge in [0, 0.05) is 12.2 Å². The van der Waals surface area contributed by atoms with E-state index in [0.29, 0.717) is 18.7 Å². The van der Waals surface area contributed by atoms with Gasteiger partial charge in [0.25, 0.3) is 0 Å².